The fraction of sp³-hybridized carbons (Fsp3) is 1.00. The summed E-state index contributed by atoms with van der Waals surface area (Å²) in [5.41, 5.74) is 1.24. The van der Waals surface area contributed by atoms with Gasteiger partial charge < -0.3 is 5.11 Å². The summed E-state index contributed by atoms with van der Waals surface area (Å²) in [6.07, 6.45) is 15.9. The quantitative estimate of drug-likeness (QED) is 0.722. The summed E-state index contributed by atoms with van der Waals surface area (Å²) >= 11 is 0. The van der Waals surface area contributed by atoms with Crippen molar-refractivity contribution in [2.24, 2.45) is 40.4 Å². The predicted octanol–water partition coefficient (Wildman–Crippen LogP) is 5.42. The Morgan fingerprint density at radius 2 is 1.64 bits per heavy atom. The SMILES string of the molecule is C[C@]12CCCC[C@H]1CC[C@@H]1[C@@H]2CC[C@]2(C)[C@@H](CCO)CC[C@@H]12. The van der Waals surface area contributed by atoms with Crippen molar-refractivity contribution < 1.29 is 5.11 Å². The average Bonchev–Trinajstić information content (AvgIpc) is 2.84. The Kier molecular flexibility index (Phi) is 3.87. The predicted molar refractivity (Wildman–Crippen MR) is 91.5 cm³/mol. The number of aliphatic hydroxyl groups is 1. The van der Waals surface area contributed by atoms with Crippen LogP contribution in [0.1, 0.15) is 84.5 Å². The molecule has 4 saturated carbocycles. The Morgan fingerprint density at radius 3 is 2.45 bits per heavy atom. The van der Waals surface area contributed by atoms with Gasteiger partial charge >= 0.3 is 0 Å². The highest BCUT2D eigenvalue weighted by atomic mass is 16.3. The van der Waals surface area contributed by atoms with Gasteiger partial charge in [0, 0.05) is 6.61 Å². The standard InChI is InChI=1S/C21H36O/c1-20-12-4-3-5-15(20)6-8-17-18-9-7-16(11-14-22)21(18,2)13-10-19(17)20/h15-19,22H,3-14H2,1-2H3/t15-,16+,17-,18-,19-,20-,21+/m0/s1. The fourth-order valence-corrected chi connectivity index (χ4v) is 8.03. The maximum atomic E-state index is 9.46. The van der Waals surface area contributed by atoms with Crippen molar-refractivity contribution in [3.8, 4) is 0 Å². The molecule has 1 heteroatoms. The first-order valence-electron chi connectivity index (χ1n) is 10.2. The van der Waals surface area contributed by atoms with Crippen molar-refractivity contribution >= 4 is 0 Å². The normalized spacial score (nSPS) is 54.4. The molecular weight excluding hydrogens is 268 g/mol. The molecule has 1 nitrogen and oxygen atoms in total. The van der Waals surface area contributed by atoms with E-state index in [1.807, 2.05) is 0 Å². The van der Waals surface area contributed by atoms with Gasteiger partial charge in [-0.15, -0.1) is 0 Å². The van der Waals surface area contributed by atoms with E-state index in [2.05, 4.69) is 13.8 Å². The number of hydrogen-bond donors (Lipinski definition) is 1. The van der Waals surface area contributed by atoms with Gasteiger partial charge in [0.05, 0.1) is 0 Å². The second-order valence-corrected chi connectivity index (χ2v) is 9.73. The maximum Gasteiger partial charge on any atom is 0.0433 e. The van der Waals surface area contributed by atoms with E-state index in [0.29, 0.717) is 17.4 Å². The van der Waals surface area contributed by atoms with Crippen molar-refractivity contribution in [3.63, 3.8) is 0 Å². The molecule has 4 aliphatic carbocycles. The minimum absolute atomic E-state index is 0.404. The molecule has 1 N–H and O–H groups in total. The minimum atomic E-state index is 0.404. The highest BCUT2D eigenvalue weighted by molar-refractivity contribution is 5.08. The third kappa shape index (κ3) is 2.06. The summed E-state index contributed by atoms with van der Waals surface area (Å²) in [4.78, 5) is 0. The Balaban J connectivity index is 1.59. The summed E-state index contributed by atoms with van der Waals surface area (Å²) in [6.45, 7) is 5.67. The van der Waals surface area contributed by atoms with Gasteiger partial charge in [0.2, 0.25) is 0 Å². The zero-order valence-corrected chi connectivity index (χ0v) is 14.8. The fourth-order valence-electron chi connectivity index (χ4n) is 8.03. The molecule has 0 aliphatic heterocycles. The average molecular weight is 305 g/mol. The van der Waals surface area contributed by atoms with Crippen LogP contribution in [0.15, 0.2) is 0 Å². The van der Waals surface area contributed by atoms with Crippen LogP contribution in [-0.2, 0) is 0 Å². The topological polar surface area (TPSA) is 20.2 Å². The highest BCUT2D eigenvalue weighted by Gasteiger charge is 2.59. The largest absolute Gasteiger partial charge is 0.396 e. The zero-order chi connectivity index (χ0) is 15.4. The van der Waals surface area contributed by atoms with Crippen LogP contribution in [0.5, 0.6) is 0 Å². The van der Waals surface area contributed by atoms with Crippen LogP contribution in [0.3, 0.4) is 0 Å². The smallest absolute Gasteiger partial charge is 0.0433 e. The second-order valence-electron chi connectivity index (χ2n) is 9.73. The summed E-state index contributed by atoms with van der Waals surface area (Å²) in [5, 5.41) is 9.46. The van der Waals surface area contributed by atoms with Crippen LogP contribution in [0, 0.1) is 40.4 Å². The van der Waals surface area contributed by atoms with E-state index in [1.165, 1.54) is 64.2 Å². The second kappa shape index (κ2) is 5.50. The minimum Gasteiger partial charge on any atom is -0.396 e. The molecule has 0 aromatic rings. The van der Waals surface area contributed by atoms with Crippen molar-refractivity contribution in [2.75, 3.05) is 6.61 Å². The molecule has 0 aromatic carbocycles. The van der Waals surface area contributed by atoms with Gasteiger partial charge in [-0.3, -0.25) is 0 Å². The van der Waals surface area contributed by atoms with Gasteiger partial charge in [0.25, 0.3) is 0 Å². The zero-order valence-electron chi connectivity index (χ0n) is 14.8. The summed E-state index contributed by atoms with van der Waals surface area (Å²) in [6, 6.07) is 0. The van der Waals surface area contributed by atoms with E-state index < -0.39 is 0 Å². The molecule has 0 unspecified atom stereocenters. The van der Waals surface area contributed by atoms with E-state index in [1.54, 1.807) is 0 Å². The molecule has 0 bridgehead atoms. The van der Waals surface area contributed by atoms with Gasteiger partial charge in [-0.1, -0.05) is 26.7 Å². The summed E-state index contributed by atoms with van der Waals surface area (Å²) in [7, 11) is 0. The molecule has 0 aromatic heterocycles. The Labute approximate surface area is 137 Å². The van der Waals surface area contributed by atoms with Crippen LogP contribution < -0.4 is 0 Å². The van der Waals surface area contributed by atoms with Gasteiger partial charge in [0.15, 0.2) is 0 Å². The lowest BCUT2D eigenvalue weighted by Crippen LogP contribution is -2.52. The Morgan fingerprint density at radius 1 is 0.818 bits per heavy atom. The van der Waals surface area contributed by atoms with Crippen molar-refractivity contribution in [3.05, 3.63) is 0 Å². The maximum absolute atomic E-state index is 9.46. The molecule has 4 aliphatic rings. The summed E-state index contributed by atoms with van der Waals surface area (Å²) < 4.78 is 0. The molecule has 7 atom stereocenters. The lowest BCUT2D eigenvalue weighted by molar-refractivity contribution is -0.111. The monoisotopic (exact) mass is 304 g/mol. The van der Waals surface area contributed by atoms with Crippen LogP contribution in [0.4, 0.5) is 0 Å². The molecule has 0 amide bonds. The number of aliphatic hydroxyl groups excluding tert-OH is 1. The molecule has 22 heavy (non-hydrogen) atoms. The Bertz CT molecular complexity index is 418. The van der Waals surface area contributed by atoms with Gasteiger partial charge in [-0.05, 0) is 98.2 Å². The molecular formula is C21H36O. The first kappa shape index (κ1) is 15.5. The van der Waals surface area contributed by atoms with E-state index in [-0.39, 0.29) is 0 Å². The number of hydrogen-bond acceptors (Lipinski definition) is 1. The third-order valence-corrected chi connectivity index (χ3v) is 9.26. The third-order valence-electron chi connectivity index (χ3n) is 9.26. The molecule has 0 spiro atoms. The molecule has 4 fully saturated rings. The van der Waals surface area contributed by atoms with Crippen molar-refractivity contribution in [1.29, 1.82) is 0 Å². The van der Waals surface area contributed by atoms with E-state index in [4.69, 9.17) is 0 Å². The van der Waals surface area contributed by atoms with E-state index >= 15 is 0 Å². The van der Waals surface area contributed by atoms with E-state index in [0.717, 1.165) is 36.0 Å². The molecule has 4 rings (SSSR count). The van der Waals surface area contributed by atoms with Crippen LogP contribution in [0.2, 0.25) is 0 Å². The number of fused-ring (bicyclic) bond motifs is 5. The molecule has 0 radical (unpaired) electrons. The number of rotatable bonds is 2. The van der Waals surface area contributed by atoms with Gasteiger partial charge in [-0.25, -0.2) is 0 Å². The van der Waals surface area contributed by atoms with Crippen LogP contribution >= 0.6 is 0 Å². The Hall–Kier alpha value is -0.0400. The van der Waals surface area contributed by atoms with Crippen molar-refractivity contribution in [1.82, 2.24) is 0 Å². The van der Waals surface area contributed by atoms with Crippen molar-refractivity contribution in [2.45, 2.75) is 84.5 Å². The van der Waals surface area contributed by atoms with Crippen LogP contribution in [-0.4, -0.2) is 11.7 Å². The van der Waals surface area contributed by atoms with Gasteiger partial charge in [-0.2, -0.15) is 0 Å². The molecule has 0 heterocycles. The summed E-state index contributed by atoms with van der Waals surface area (Å²) in [5.74, 6) is 4.86. The highest BCUT2D eigenvalue weighted by Crippen LogP contribution is 2.67. The first-order chi connectivity index (χ1) is 10.6. The molecule has 126 valence electrons. The lowest BCUT2D eigenvalue weighted by Gasteiger charge is -2.60. The molecule has 0 saturated heterocycles. The first-order valence-corrected chi connectivity index (χ1v) is 10.2. The van der Waals surface area contributed by atoms with Gasteiger partial charge in [0.1, 0.15) is 0 Å². The van der Waals surface area contributed by atoms with Crippen LogP contribution in [0.25, 0.3) is 0 Å². The lowest BCUT2D eigenvalue weighted by atomic mass is 9.45. The van der Waals surface area contributed by atoms with E-state index in [9.17, 15) is 5.11 Å².